The van der Waals surface area contributed by atoms with Crippen LogP contribution in [0.2, 0.25) is 0 Å². The van der Waals surface area contributed by atoms with E-state index in [0.29, 0.717) is 17.0 Å². The molecule has 2 amide bonds. The zero-order valence-corrected chi connectivity index (χ0v) is 17.6. The molecule has 0 bridgehead atoms. The van der Waals surface area contributed by atoms with Crippen LogP contribution in [0, 0.1) is 6.92 Å². The third kappa shape index (κ3) is 5.32. The molecule has 1 atom stereocenters. The lowest BCUT2D eigenvalue weighted by atomic mass is 9.98. The number of rotatable bonds is 7. The summed E-state index contributed by atoms with van der Waals surface area (Å²) in [6, 6.07) is 23.4. The maximum atomic E-state index is 13.0. The number of aromatic nitrogens is 1. The number of aryl methyl sites for hydroxylation is 2. The zero-order valence-electron chi connectivity index (χ0n) is 17.6. The monoisotopic (exact) mass is 401 g/mol. The molecule has 2 aromatic carbocycles. The molecule has 0 radical (unpaired) electrons. The van der Waals surface area contributed by atoms with Gasteiger partial charge in [-0.25, -0.2) is 4.98 Å². The van der Waals surface area contributed by atoms with E-state index in [0.717, 1.165) is 18.4 Å². The molecule has 1 unspecified atom stereocenters. The van der Waals surface area contributed by atoms with Gasteiger partial charge in [-0.15, -0.1) is 0 Å². The summed E-state index contributed by atoms with van der Waals surface area (Å²) >= 11 is 0. The molecule has 154 valence electrons. The summed E-state index contributed by atoms with van der Waals surface area (Å²) in [5.41, 5.74) is 3.64. The first-order valence-corrected chi connectivity index (χ1v) is 10.0. The number of hydrogen-bond donors (Lipinski definition) is 1. The van der Waals surface area contributed by atoms with E-state index in [1.807, 2.05) is 48.5 Å². The van der Waals surface area contributed by atoms with E-state index >= 15 is 0 Å². The Labute approximate surface area is 177 Å². The smallest absolute Gasteiger partial charge is 0.271 e. The zero-order chi connectivity index (χ0) is 21.5. The minimum Gasteiger partial charge on any atom is -0.345 e. The Morgan fingerprint density at radius 2 is 1.57 bits per heavy atom. The third-order valence-corrected chi connectivity index (χ3v) is 5.03. The number of benzene rings is 2. The van der Waals surface area contributed by atoms with E-state index in [9.17, 15) is 9.59 Å². The van der Waals surface area contributed by atoms with Crippen LogP contribution in [0.15, 0.2) is 72.8 Å². The number of nitrogens with one attached hydrogen (secondary N) is 1. The minimum absolute atomic E-state index is 0.124. The van der Waals surface area contributed by atoms with Crippen molar-refractivity contribution >= 4 is 11.8 Å². The fourth-order valence-corrected chi connectivity index (χ4v) is 3.35. The molecule has 5 heteroatoms. The van der Waals surface area contributed by atoms with Crippen LogP contribution in [-0.2, 0) is 6.42 Å². The van der Waals surface area contributed by atoms with Crippen LogP contribution in [0.4, 0.5) is 0 Å². The lowest BCUT2D eigenvalue weighted by Gasteiger charge is -2.20. The summed E-state index contributed by atoms with van der Waals surface area (Å²) in [4.78, 5) is 31.0. The van der Waals surface area contributed by atoms with Gasteiger partial charge in [-0.3, -0.25) is 9.59 Å². The average Bonchev–Trinajstić information content (AvgIpc) is 2.77. The first-order valence-electron chi connectivity index (χ1n) is 10.0. The molecule has 0 spiro atoms. The summed E-state index contributed by atoms with van der Waals surface area (Å²) in [7, 11) is 3.36. The van der Waals surface area contributed by atoms with Crippen LogP contribution in [-0.4, -0.2) is 35.8 Å². The van der Waals surface area contributed by atoms with Gasteiger partial charge >= 0.3 is 0 Å². The first kappa shape index (κ1) is 21.2. The Balaban J connectivity index is 1.78. The molecule has 0 aliphatic rings. The average molecular weight is 402 g/mol. The second kappa shape index (κ2) is 9.83. The van der Waals surface area contributed by atoms with Gasteiger partial charge in [0.15, 0.2) is 0 Å². The molecule has 3 rings (SSSR count). The van der Waals surface area contributed by atoms with Crippen LogP contribution < -0.4 is 5.32 Å². The van der Waals surface area contributed by atoms with E-state index in [-0.39, 0.29) is 17.9 Å². The first-order chi connectivity index (χ1) is 14.5. The second-order valence-corrected chi connectivity index (χ2v) is 7.49. The van der Waals surface area contributed by atoms with Gasteiger partial charge in [-0.1, -0.05) is 60.7 Å². The van der Waals surface area contributed by atoms with E-state index in [1.54, 1.807) is 33.2 Å². The van der Waals surface area contributed by atoms with E-state index in [4.69, 9.17) is 0 Å². The number of amides is 2. The fraction of sp³-hybridized carbons (Fsp3) is 0.240. The summed E-state index contributed by atoms with van der Waals surface area (Å²) in [6.07, 6.45) is 1.64. The summed E-state index contributed by atoms with van der Waals surface area (Å²) < 4.78 is 0. The number of carbonyl (C=O) groups is 2. The molecule has 0 saturated heterocycles. The SMILES string of the molecule is Cc1nc(C(=O)N(C)C)ccc1C(=O)NC(CCc1ccccc1)c1ccccc1. The summed E-state index contributed by atoms with van der Waals surface area (Å²) in [5.74, 6) is -0.374. The van der Waals surface area contributed by atoms with E-state index in [1.165, 1.54) is 10.5 Å². The van der Waals surface area contributed by atoms with Gasteiger partial charge in [0.25, 0.3) is 11.8 Å². The number of hydrogen-bond acceptors (Lipinski definition) is 3. The number of pyridine rings is 1. The Morgan fingerprint density at radius 1 is 0.933 bits per heavy atom. The maximum Gasteiger partial charge on any atom is 0.271 e. The molecule has 1 heterocycles. The lowest BCUT2D eigenvalue weighted by Crippen LogP contribution is -2.30. The van der Waals surface area contributed by atoms with Crippen LogP contribution in [0.25, 0.3) is 0 Å². The maximum absolute atomic E-state index is 13.0. The highest BCUT2D eigenvalue weighted by atomic mass is 16.2. The van der Waals surface area contributed by atoms with Crippen LogP contribution in [0.1, 0.15) is 50.1 Å². The quantitative estimate of drug-likeness (QED) is 0.646. The van der Waals surface area contributed by atoms with Crippen molar-refractivity contribution in [3.8, 4) is 0 Å². The van der Waals surface area contributed by atoms with Crippen LogP contribution in [0.3, 0.4) is 0 Å². The molecular weight excluding hydrogens is 374 g/mol. The molecule has 3 aromatic rings. The van der Waals surface area contributed by atoms with Gasteiger partial charge in [0.2, 0.25) is 0 Å². The molecule has 5 nitrogen and oxygen atoms in total. The second-order valence-electron chi connectivity index (χ2n) is 7.49. The van der Waals surface area contributed by atoms with Crippen molar-refractivity contribution in [3.63, 3.8) is 0 Å². The number of carbonyl (C=O) groups excluding carboxylic acids is 2. The van der Waals surface area contributed by atoms with Crippen molar-refractivity contribution in [1.29, 1.82) is 0 Å². The van der Waals surface area contributed by atoms with Gasteiger partial charge in [0.05, 0.1) is 17.3 Å². The fourth-order valence-electron chi connectivity index (χ4n) is 3.35. The number of nitrogens with zero attached hydrogens (tertiary/aromatic N) is 2. The Bertz CT molecular complexity index is 1000. The van der Waals surface area contributed by atoms with E-state index in [2.05, 4.69) is 22.4 Å². The minimum atomic E-state index is -0.189. The third-order valence-electron chi connectivity index (χ3n) is 5.03. The summed E-state index contributed by atoms with van der Waals surface area (Å²) in [6.45, 7) is 1.75. The highest BCUT2D eigenvalue weighted by Crippen LogP contribution is 2.20. The molecule has 0 saturated carbocycles. The van der Waals surface area contributed by atoms with Gasteiger partial charge in [-0.2, -0.15) is 0 Å². The molecular formula is C25H27N3O2. The summed E-state index contributed by atoms with van der Waals surface area (Å²) in [5, 5.41) is 3.16. The van der Waals surface area contributed by atoms with Gasteiger partial charge in [0, 0.05) is 14.1 Å². The highest BCUT2D eigenvalue weighted by Gasteiger charge is 2.19. The van der Waals surface area contributed by atoms with Crippen molar-refractivity contribution in [2.45, 2.75) is 25.8 Å². The van der Waals surface area contributed by atoms with Gasteiger partial charge in [0.1, 0.15) is 5.69 Å². The lowest BCUT2D eigenvalue weighted by molar-refractivity contribution is 0.0820. The predicted molar refractivity (Wildman–Crippen MR) is 118 cm³/mol. The topological polar surface area (TPSA) is 62.3 Å². The molecule has 0 aliphatic heterocycles. The van der Waals surface area contributed by atoms with Gasteiger partial charge in [-0.05, 0) is 43.0 Å². The van der Waals surface area contributed by atoms with Gasteiger partial charge < -0.3 is 10.2 Å². The van der Waals surface area contributed by atoms with E-state index < -0.39 is 0 Å². The van der Waals surface area contributed by atoms with Crippen LogP contribution in [0.5, 0.6) is 0 Å². The van der Waals surface area contributed by atoms with Crippen molar-refractivity contribution in [2.24, 2.45) is 0 Å². The van der Waals surface area contributed by atoms with Crippen molar-refractivity contribution in [2.75, 3.05) is 14.1 Å². The normalized spacial score (nSPS) is 11.6. The largest absolute Gasteiger partial charge is 0.345 e. The molecule has 0 fully saturated rings. The molecule has 0 aliphatic carbocycles. The van der Waals surface area contributed by atoms with Crippen molar-refractivity contribution < 1.29 is 9.59 Å². The predicted octanol–water partition coefficient (Wildman–Crippen LogP) is 4.20. The molecule has 1 N–H and O–H groups in total. The molecule has 1 aromatic heterocycles. The standard InChI is InChI=1S/C25H27N3O2/c1-18-21(15-17-23(26-18)25(30)28(2)3)24(29)27-22(20-12-8-5-9-13-20)16-14-19-10-6-4-7-11-19/h4-13,15,17,22H,14,16H2,1-3H3,(H,27,29). The van der Waals surface area contributed by atoms with Crippen molar-refractivity contribution in [1.82, 2.24) is 15.2 Å². The van der Waals surface area contributed by atoms with Crippen LogP contribution >= 0.6 is 0 Å². The highest BCUT2D eigenvalue weighted by molar-refractivity contribution is 5.97. The van der Waals surface area contributed by atoms with Crippen molar-refractivity contribution in [3.05, 3.63) is 101 Å². The Morgan fingerprint density at radius 3 is 2.17 bits per heavy atom. The Kier molecular flexibility index (Phi) is 6.96. The molecule has 30 heavy (non-hydrogen) atoms. The Hall–Kier alpha value is -3.47.